The van der Waals surface area contributed by atoms with Gasteiger partial charge in [0.15, 0.2) is 0 Å². The second-order valence-electron chi connectivity index (χ2n) is 6.66. The molecule has 104 valence electrons. The molecule has 3 heteroatoms. The molecule has 2 aliphatic rings. The molecule has 0 bridgehead atoms. The average Bonchev–Trinajstić information content (AvgIpc) is 2.81. The summed E-state index contributed by atoms with van der Waals surface area (Å²) in [4.78, 5) is 12.4. The molecule has 0 heterocycles. The molecule has 3 atom stereocenters. The highest BCUT2D eigenvalue weighted by Gasteiger charge is 2.39. The summed E-state index contributed by atoms with van der Waals surface area (Å²) < 4.78 is 0. The topological polar surface area (TPSA) is 55.1 Å². The Hall–Kier alpha value is -0.570. The van der Waals surface area contributed by atoms with Gasteiger partial charge >= 0.3 is 0 Å². The summed E-state index contributed by atoms with van der Waals surface area (Å²) in [5, 5.41) is 3.19. The van der Waals surface area contributed by atoms with Crippen molar-refractivity contribution in [3.8, 4) is 0 Å². The van der Waals surface area contributed by atoms with Crippen LogP contribution in [0.15, 0.2) is 0 Å². The molecule has 0 radical (unpaired) electrons. The van der Waals surface area contributed by atoms with E-state index in [1.165, 1.54) is 32.1 Å². The lowest BCUT2D eigenvalue weighted by Crippen LogP contribution is -2.58. The highest BCUT2D eigenvalue weighted by Crippen LogP contribution is 2.32. The second kappa shape index (κ2) is 5.60. The van der Waals surface area contributed by atoms with Crippen molar-refractivity contribution in [1.29, 1.82) is 0 Å². The van der Waals surface area contributed by atoms with Crippen LogP contribution in [0.5, 0.6) is 0 Å². The molecule has 1 amide bonds. The predicted molar refractivity (Wildman–Crippen MR) is 74.1 cm³/mol. The van der Waals surface area contributed by atoms with Gasteiger partial charge in [0, 0.05) is 6.04 Å². The summed E-state index contributed by atoms with van der Waals surface area (Å²) in [7, 11) is 0. The fraction of sp³-hybridized carbons (Fsp3) is 0.933. The quantitative estimate of drug-likeness (QED) is 0.811. The highest BCUT2D eigenvalue weighted by atomic mass is 16.2. The van der Waals surface area contributed by atoms with Gasteiger partial charge in [-0.15, -0.1) is 0 Å². The molecule has 0 spiro atoms. The summed E-state index contributed by atoms with van der Waals surface area (Å²) in [6, 6.07) is 0.289. The molecule has 0 saturated heterocycles. The molecule has 3 nitrogen and oxygen atoms in total. The molecule has 0 aromatic heterocycles. The smallest absolute Gasteiger partial charge is 0.240 e. The Bertz CT molecular complexity index is 299. The second-order valence-corrected chi connectivity index (χ2v) is 6.66. The van der Waals surface area contributed by atoms with Crippen molar-refractivity contribution < 1.29 is 4.79 Å². The first kappa shape index (κ1) is 13.9. The standard InChI is InChI=1S/C15H28N2O/c1-11-6-5-9-15(16,10-11)14(18)17-12(2)13-7-3-4-8-13/h11-13H,3-10,16H2,1-2H3,(H,17,18)/t11?,12-,15?/m0/s1. The summed E-state index contributed by atoms with van der Waals surface area (Å²) >= 11 is 0. The molecule has 0 aliphatic heterocycles. The zero-order valence-electron chi connectivity index (χ0n) is 11.9. The first-order valence-corrected chi connectivity index (χ1v) is 7.61. The van der Waals surface area contributed by atoms with Crippen molar-refractivity contribution in [1.82, 2.24) is 5.32 Å². The van der Waals surface area contributed by atoms with Gasteiger partial charge in [0.25, 0.3) is 0 Å². The summed E-state index contributed by atoms with van der Waals surface area (Å²) in [5.74, 6) is 1.34. The van der Waals surface area contributed by atoms with Crippen molar-refractivity contribution in [2.75, 3.05) is 0 Å². The maximum Gasteiger partial charge on any atom is 0.240 e. The fourth-order valence-electron chi connectivity index (χ4n) is 3.72. The van der Waals surface area contributed by atoms with E-state index in [2.05, 4.69) is 19.2 Å². The Balaban J connectivity index is 1.89. The van der Waals surface area contributed by atoms with Crippen LogP contribution in [0.1, 0.15) is 65.2 Å². The van der Waals surface area contributed by atoms with Gasteiger partial charge in [-0.2, -0.15) is 0 Å². The Morgan fingerprint density at radius 3 is 2.56 bits per heavy atom. The predicted octanol–water partition coefficient (Wildman–Crippen LogP) is 2.59. The van der Waals surface area contributed by atoms with Gasteiger partial charge in [-0.1, -0.05) is 32.6 Å². The van der Waals surface area contributed by atoms with E-state index in [-0.39, 0.29) is 11.9 Å². The number of carbonyl (C=O) groups is 1. The van der Waals surface area contributed by atoms with Crippen LogP contribution in [0, 0.1) is 11.8 Å². The van der Waals surface area contributed by atoms with E-state index in [1.807, 2.05) is 0 Å². The number of hydrogen-bond donors (Lipinski definition) is 2. The molecule has 3 N–H and O–H groups in total. The third kappa shape index (κ3) is 3.05. The molecule has 0 aromatic rings. The Labute approximate surface area is 111 Å². The lowest BCUT2D eigenvalue weighted by atomic mass is 9.76. The van der Waals surface area contributed by atoms with Gasteiger partial charge in [-0.05, 0) is 44.4 Å². The molecule has 2 aliphatic carbocycles. The van der Waals surface area contributed by atoms with E-state index >= 15 is 0 Å². The van der Waals surface area contributed by atoms with Crippen LogP contribution in [0.4, 0.5) is 0 Å². The van der Waals surface area contributed by atoms with Gasteiger partial charge in [0.1, 0.15) is 0 Å². The van der Waals surface area contributed by atoms with E-state index in [1.54, 1.807) is 0 Å². The third-order valence-electron chi connectivity index (χ3n) is 4.95. The summed E-state index contributed by atoms with van der Waals surface area (Å²) in [6.07, 6.45) is 9.14. The zero-order chi connectivity index (χ0) is 13.2. The third-order valence-corrected chi connectivity index (χ3v) is 4.95. The van der Waals surface area contributed by atoms with Gasteiger partial charge in [0.05, 0.1) is 5.54 Å². The number of hydrogen-bond acceptors (Lipinski definition) is 2. The van der Waals surface area contributed by atoms with Gasteiger partial charge in [-0.3, -0.25) is 4.79 Å². The van der Waals surface area contributed by atoms with E-state index in [0.717, 1.165) is 19.3 Å². The average molecular weight is 252 g/mol. The molecule has 2 unspecified atom stereocenters. The largest absolute Gasteiger partial charge is 0.352 e. The van der Waals surface area contributed by atoms with Crippen molar-refractivity contribution in [3.63, 3.8) is 0 Å². The minimum absolute atomic E-state index is 0.0912. The molecule has 0 aromatic carbocycles. The molecule has 2 rings (SSSR count). The summed E-state index contributed by atoms with van der Waals surface area (Å²) in [6.45, 7) is 4.35. The van der Waals surface area contributed by atoms with Crippen LogP contribution in [-0.4, -0.2) is 17.5 Å². The number of rotatable bonds is 3. The normalized spacial score (nSPS) is 35.4. The number of nitrogens with two attached hydrogens (primary N) is 1. The summed E-state index contributed by atoms with van der Waals surface area (Å²) in [5.41, 5.74) is 5.72. The Morgan fingerprint density at radius 2 is 1.94 bits per heavy atom. The van der Waals surface area contributed by atoms with Gasteiger partial charge in [-0.25, -0.2) is 0 Å². The fourth-order valence-corrected chi connectivity index (χ4v) is 3.72. The minimum Gasteiger partial charge on any atom is -0.352 e. The number of carbonyl (C=O) groups excluding carboxylic acids is 1. The first-order valence-electron chi connectivity index (χ1n) is 7.61. The van der Waals surface area contributed by atoms with Crippen LogP contribution in [-0.2, 0) is 4.79 Å². The maximum atomic E-state index is 12.4. The SMILES string of the molecule is CC1CCCC(N)(C(=O)N[C@@H](C)C2CCCC2)C1. The number of nitrogens with one attached hydrogen (secondary N) is 1. The Kier molecular flexibility index (Phi) is 4.31. The highest BCUT2D eigenvalue weighted by molar-refractivity contribution is 5.86. The van der Waals surface area contributed by atoms with E-state index in [4.69, 9.17) is 5.73 Å². The molecular weight excluding hydrogens is 224 g/mol. The molecule has 2 fully saturated rings. The van der Waals surface area contributed by atoms with E-state index in [0.29, 0.717) is 11.8 Å². The van der Waals surface area contributed by atoms with Crippen molar-refractivity contribution in [2.45, 2.75) is 76.8 Å². The number of amides is 1. The van der Waals surface area contributed by atoms with Crippen LogP contribution in [0.3, 0.4) is 0 Å². The van der Waals surface area contributed by atoms with Crippen molar-refractivity contribution in [2.24, 2.45) is 17.6 Å². The lowest BCUT2D eigenvalue weighted by Gasteiger charge is -2.36. The molecule has 2 saturated carbocycles. The first-order chi connectivity index (χ1) is 8.51. The molecule has 18 heavy (non-hydrogen) atoms. The lowest BCUT2D eigenvalue weighted by molar-refractivity contribution is -0.129. The van der Waals surface area contributed by atoms with Crippen molar-refractivity contribution >= 4 is 5.91 Å². The van der Waals surface area contributed by atoms with Crippen LogP contribution < -0.4 is 11.1 Å². The van der Waals surface area contributed by atoms with Crippen LogP contribution >= 0.6 is 0 Å². The van der Waals surface area contributed by atoms with Crippen molar-refractivity contribution in [3.05, 3.63) is 0 Å². The Morgan fingerprint density at radius 1 is 1.28 bits per heavy atom. The minimum atomic E-state index is -0.607. The molecular formula is C15H28N2O. The van der Waals surface area contributed by atoms with Gasteiger partial charge in [0.2, 0.25) is 5.91 Å². The van der Waals surface area contributed by atoms with Crippen LogP contribution in [0.25, 0.3) is 0 Å². The van der Waals surface area contributed by atoms with E-state index < -0.39 is 5.54 Å². The van der Waals surface area contributed by atoms with E-state index in [9.17, 15) is 4.79 Å². The van der Waals surface area contributed by atoms with Crippen LogP contribution in [0.2, 0.25) is 0 Å². The monoisotopic (exact) mass is 252 g/mol. The zero-order valence-corrected chi connectivity index (χ0v) is 11.9. The maximum absolute atomic E-state index is 12.4. The van der Waals surface area contributed by atoms with Gasteiger partial charge < -0.3 is 11.1 Å².